The smallest absolute Gasteiger partial charge is 0.0674 e. The Morgan fingerprint density at radius 1 is 1.10 bits per heavy atom. The maximum atomic E-state index is 3.96. The molecule has 30 heavy (non-hydrogen) atoms. The second kappa shape index (κ2) is 13.5. The van der Waals surface area contributed by atoms with Crippen LogP contribution in [0.15, 0.2) is 30.5 Å². The van der Waals surface area contributed by atoms with Gasteiger partial charge in [0.15, 0.2) is 0 Å². The number of hydrazine groups is 1. The van der Waals surface area contributed by atoms with Crippen molar-refractivity contribution in [2.75, 3.05) is 26.4 Å². The van der Waals surface area contributed by atoms with E-state index < -0.39 is 0 Å². The first-order valence-corrected chi connectivity index (χ1v) is 12.8. The molecule has 3 heteroatoms. The molecule has 0 bridgehead atoms. The summed E-state index contributed by atoms with van der Waals surface area (Å²) in [6.07, 6.45) is 15.1. The molecule has 0 aromatic carbocycles. The van der Waals surface area contributed by atoms with E-state index in [1.54, 1.807) is 0 Å². The van der Waals surface area contributed by atoms with Crippen LogP contribution in [0, 0.1) is 17.8 Å². The van der Waals surface area contributed by atoms with Gasteiger partial charge in [-0.05, 0) is 68.8 Å². The van der Waals surface area contributed by atoms with Crippen LogP contribution in [0.5, 0.6) is 0 Å². The van der Waals surface area contributed by atoms with Crippen LogP contribution < -0.4 is 0 Å². The van der Waals surface area contributed by atoms with Crippen molar-refractivity contribution in [3.05, 3.63) is 30.5 Å². The zero-order chi connectivity index (χ0) is 21.9. The number of rotatable bonds is 14. The maximum Gasteiger partial charge on any atom is 0.0674 e. The zero-order valence-corrected chi connectivity index (χ0v) is 20.5. The van der Waals surface area contributed by atoms with Crippen LogP contribution in [0.2, 0.25) is 0 Å². The van der Waals surface area contributed by atoms with E-state index in [0.717, 1.165) is 25.2 Å². The molecule has 2 aliphatic rings. The maximum absolute atomic E-state index is 3.96. The van der Waals surface area contributed by atoms with Crippen molar-refractivity contribution in [1.29, 1.82) is 0 Å². The molecule has 0 N–H and O–H groups in total. The quantitative estimate of drug-likeness (QED) is 0.227. The van der Waals surface area contributed by atoms with Gasteiger partial charge in [-0.15, -0.1) is 5.73 Å². The first kappa shape index (κ1) is 25.4. The highest BCUT2D eigenvalue weighted by atomic mass is 15.7. The third-order valence-corrected chi connectivity index (χ3v) is 7.68. The molecule has 172 valence electrons. The molecule has 2 rings (SSSR count). The monoisotopic (exact) mass is 415 g/mol. The lowest BCUT2D eigenvalue weighted by Gasteiger charge is -2.52. The van der Waals surface area contributed by atoms with E-state index in [1.165, 1.54) is 82.9 Å². The minimum Gasteiger partial charge on any atom is -0.275 e. The molecule has 0 amide bonds. The number of hydrogen-bond acceptors (Lipinski definition) is 3. The Morgan fingerprint density at radius 3 is 2.30 bits per heavy atom. The van der Waals surface area contributed by atoms with Gasteiger partial charge >= 0.3 is 0 Å². The van der Waals surface area contributed by atoms with Crippen LogP contribution in [-0.2, 0) is 0 Å². The third-order valence-electron chi connectivity index (χ3n) is 7.68. The van der Waals surface area contributed by atoms with E-state index >= 15 is 0 Å². The summed E-state index contributed by atoms with van der Waals surface area (Å²) in [5.74, 6) is 2.30. The van der Waals surface area contributed by atoms with Crippen LogP contribution in [0.4, 0.5) is 0 Å². The van der Waals surface area contributed by atoms with Crippen LogP contribution in [0.1, 0.15) is 91.9 Å². The fourth-order valence-electron chi connectivity index (χ4n) is 5.44. The Balaban J connectivity index is 1.87. The summed E-state index contributed by atoms with van der Waals surface area (Å²) < 4.78 is 0. The van der Waals surface area contributed by atoms with Crippen molar-refractivity contribution in [3.63, 3.8) is 0 Å². The van der Waals surface area contributed by atoms with Gasteiger partial charge in [0.1, 0.15) is 0 Å². The molecular weight excluding hydrogens is 366 g/mol. The number of unbranched alkanes of at least 4 members (excludes halogenated alkanes) is 2. The fourth-order valence-corrected chi connectivity index (χ4v) is 5.44. The third kappa shape index (κ3) is 7.09. The van der Waals surface area contributed by atoms with Crippen LogP contribution in [0.25, 0.3) is 0 Å². The molecule has 2 unspecified atom stereocenters. The molecule has 1 saturated heterocycles. The van der Waals surface area contributed by atoms with E-state index in [9.17, 15) is 0 Å². The summed E-state index contributed by atoms with van der Waals surface area (Å²) in [6, 6.07) is 0.640. The molecule has 0 spiro atoms. The van der Waals surface area contributed by atoms with Gasteiger partial charge in [-0.2, -0.15) is 0 Å². The van der Waals surface area contributed by atoms with Gasteiger partial charge < -0.3 is 0 Å². The van der Waals surface area contributed by atoms with Gasteiger partial charge in [-0.25, -0.2) is 10.0 Å². The fraction of sp³-hybridized carbons (Fsp3) is 0.815. The van der Waals surface area contributed by atoms with Crippen LogP contribution in [0.3, 0.4) is 0 Å². The summed E-state index contributed by atoms with van der Waals surface area (Å²) in [7, 11) is 0. The molecular formula is C27H49N3. The van der Waals surface area contributed by atoms with Crippen molar-refractivity contribution in [3.8, 4) is 0 Å². The SMILES string of the molecule is C=C=C(C=C)C1CCC(C(C)N(CCCC)N2CN(CC(CC)CCCC)C2)CC1. The van der Waals surface area contributed by atoms with Gasteiger partial charge in [0.2, 0.25) is 0 Å². The Kier molecular flexibility index (Phi) is 11.5. The predicted octanol–water partition coefficient (Wildman–Crippen LogP) is 6.84. The number of nitrogens with zero attached hydrogens (tertiary/aromatic N) is 3. The van der Waals surface area contributed by atoms with Gasteiger partial charge in [0.05, 0.1) is 13.3 Å². The largest absolute Gasteiger partial charge is 0.275 e. The second-order valence-electron chi connectivity index (χ2n) is 9.76. The molecule has 1 heterocycles. The Hall–Kier alpha value is -0.860. The van der Waals surface area contributed by atoms with Crippen molar-refractivity contribution >= 4 is 0 Å². The van der Waals surface area contributed by atoms with Crippen molar-refractivity contribution < 1.29 is 0 Å². The van der Waals surface area contributed by atoms with Crippen LogP contribution >= 0.6 is 0 Å². The second-order valence-corrected chi connectivity index (χ2v) is 9.76. The van der Waals surface area contributed by atoms with E-state index in [-0.39, 0.29) is 0 Å². The zero-order valence-electron chi connectivity index (χ0n) is 20.5. The molecule has 0 aromatic heterocycles. The van der Waals surface area contributed by atoms with Crippen LogP contribution in [-0.4, -0.2) is 47.4 Å². The minimum atomic E-state index is 0.626. The molecule has 1 aliphatic carbocycles. The molecule has 1 aliphatic heterocycles. The van der Waals surface area contributed by atoms with E-state index in [2.05, 4.69) is 61.5 Å². The standard InChI is InChI=1S/C27H49N3/c1-7-12-14-24(9-3)20-28-21-29(22-28)30(19-13-8-2)23(6)26-15-17-27(18-16-26)25(10-4)11-5/h10,23-24,26-27H,4-5,7-9,12-22H2,1-3,6H3. The van der Waals surface area contributed by atoms with Crippen molar-refractivity contribution in [1.82, 2.24) is 14.9 Å². The Labute approximate surface area is 187 Å². The number of hydrogen-bond donors (Lipinski definition) is 0. The molecule has 0 aromatic rings. The Bertz CT molecular complexity index is 536. The van der Waals surface area contributed by atoms with E-state index in [1.807, 2.05) is 6.08 Å². The van der Waals surface area contributed by atoms with E-state index in [4.69, 9.17) is 0 Å². The molecule has 0 radical (unpaired) electrons. The average Bonchev–Trinajstić information content (AvgIpc) is 2.75. The highest BCUT2D eigenvalue weighted by molar-refractivity contribution is 5.18. The molecule has 3 nitrogen and oxygen atoms in total. The first-order valence-electron chi connectivity index (χ1n) is 12.8. The topological polar surface area (TPSA) is 9.72 Å². The highest BCUT2D eigenvalue weighted by Gasteiger charge is 2.36. The molecule has 2 atom stereocenters. The summed E-state index contributed by atoms with van der Waals surface area (Å²) in [5, 5.41) is 5.37. The van der Waals surface area contributed by atoms with Gasteiger partial charge in [-0.3, -0.25) is 4.90 Å². The molecule has 1 saturated carbocycles. The van der Waals surface area contributed by atoms with Gasteiger partial charge in [0.25, 0.3) is 0 Å². The lowest BCUT2D eigenvalue weighted by molar-refractivity contribution is -0.200. The van der Waals surface area contributed by atoms with Gasteiger partial charge in [-0.1, -0.05) is 65.7 Å². The number of allylic oxidation sites excluding steroid dienone is 2. The summed E-state index contributed by atoms with van der Waals surface area (Å²) in [5.41, 5.74) is 4.35. The van der Waals surface area contributed by atoms with Gasteiger partial charge in [0, 0.05) is 19.1 Å². The van der Waals surface area contributed by atoms with E-state index in [0.29, 0.717) is 12.0 Å². The Morgan fingerprint density at radius 2 is 1.77 bits per heavy atom. The highest BCUT2D eigenvalue weighted by Crippen LogP contribution is 2.37. The normalized spacial score (nSPS) is 24.8. The molecule has 2 fully saturated rings. The van der Waals surface area contributed by atoms with Crippen molar-refractivity contribution in [2.24, 2.45) is 17.8 Å². The average molecular weight is 416 g/mol. The van der Waals surface area contributed by atoms with Crippen molar-refractivity contribution in [2.45, 2.75) is 97.9 Å². The summed E-state index contributed by atoms with van der Waals surface area (Å²) in [6.45, 7) is 22.0. The lowest BCUT2D eigenvalue weighted by atomic mass is 9.76. The lowest BCUT2D eigenvalue weighted by Crippen LogP contribution is -2.65. The predicted molar refractivity (Wildman–Crippen MR) is 131 cm³/mol. The minimum absolute atomic E-state index is 0.626. The summed E-state index contributed by atoms with van der Waals surface area (Å²) in [4.78, 5) is 2.66. The summed E-state index contributed by atoms with van der Waals surface area (Å²) >= 11 is 0. The first-order chi connectivity index (χ1) is 14.6.